The van der Waals surface area contributed by atoms with Crippen LogP contribution in [0.2, 0.25) is 0 Å². The zero-order chi connectivity index (χ0) is 10.5. The third-order valence-corrected chi connectivity index (χ3v) is 4.37. The van der Waals surface area contributed by atoms with Gasteiger partial charge in [-0.05, 0) is 23.8 Å². The van der Waals surface area contributed by atoms with E-state index in [4.69, 9.17) is 5.84 Å². The Labute approximate surface area is 95.8 Å². The van der Waals surface area contributed by atoms with Gasteiger partial charge in [0.2, 0.25) is 0 Å². The second-order valence-corrected chi connectivity index (χ2v) is 5.45. The number of thiophene rings is 1. The molecule has 1 atom stereocenters. The van der Waals surface area contributed by atoms with Gasteiger partial charge >= 0.3 is 0 Å². The topological polar surface area (TPSA) is 38.0 Å². The molecular weight excluding hydrogens is 204 g/mol. The van der Waals surface area contributed by atoms with Crippen LogP contribution >= 0.6 is 11.3 Å². The molecule has 2 nitrogen and oxygen atoms in total. The van der Waals surface area contributed by atoms with Gasteiger partial charge in [-0.3, -0.25) is 11.3 Å². The summed E-state index contributed by atoms with van der Waals surface area (Å²) in [7, 11) is 0. The van der Waals surface area contributed by atoms with Crippen molar-refractivity contribution in [3.63, 3.8) is 0 Å². The first-order chi connectivity index (χ1) is 7.40. The van der Waals surface area contributed by atoms with E-state index in [2.05, 4.69) is 22.9 Å². The number of hydrogen-bond donors (Lipinski definition) is 2. The summed E-state index contributed by atoms with van der Waals surface area (Å²) < 4.78 is 0. The van der Waals surface area contributed by atoms with E-state index in [0.717, 1.165) is 5.92 Å². The molecule has 1 aliphatic rings. The number of nitrogens with two attached hydrogens (primary N) is 1. The van der Waals surface area contributed by atoms with Crippen LogP contribution in [-0.4, -0.2) is 0 Å². The summed E-state index contributed by atoms with van der Waals surface area (Å²) in [5.74, 6) is 6.51. The molecule has 1 aliphatic carbocycles. The summed E-state index contributed by atoms with van der Waals surface area (Å²) in [6.07, 6.45) is 8.24. The molecule has 0 radical (unpaired) electrons. The van der Waals surface area contributed by atoms with Gasteiger partial charge in [0.1, 0.15) is 0 Å². The Kier molecular flexibility index (Phi) is 4.18. The van der Waals surface area contributed by atoms with Gasteiger partial charge in [0, 0.05) is 4.88 Å². The lowest BCUT2D eigenvalue weighted by Crippen LogP contribution is -2.29. The van der Waals surface area contributed by atoms with Crippen molar-refractivity contribution in [3.8, 4) is 0 Å². The highest BCUT2D eigenvalue weighted by atomic mass is 32.1. The largest absolute Gasteiger partial charge is 0.271 e. The summed E-state index contributed by atoms with van der Waals surface area (Å²) >= 11 is 1.80. The summed E-state index contributed by atoms with van der Waals surface area (Å²) in [6.45, 7) is 0. The fourth-order valence-electron chi connectivity index (χ4n) is 2.51. The minimum atomic E-state index is 0.369. The van der Waals surface area contributed by atoms with Crippen LogP contribution in [0.1, 0.15) is 49.4 Å². The quantitative estimate of drug-likeness (QED) is 0.609. The second-order valence-electron chi connectivity index (χ2n) is 4.47. The first-order valence-corrected chi connectivity index (χ1v) is 6.77. The molecule has 1 fully saturated rings. The van der Waals surface area contributed by atoms with Crippen LogP contribution in [-0.2, 0) is 0 Å². The van der Waals surface area contributed by atoms with Gasteiger partial charge in [0.25, 0.3) is 0 Å². The average molecular weight is 224 g/mol. The highest BCUT2D eigenvalue weighted by Crippen LogP contribution is 2.32. The Morgan fingerprint density at radius 2 is 2.20 bits per heavy atom. The zero-order valence-corrected chi connectivity index (χ0v) is 9.93. The Hall–Kier alpha value is -0.380. The van der Waals surface area contributed by atoms with E-state index < -0.39 is 0 Å². The van der Waals surface area contributed by atoms with E-state index in [1.807, 2.05) is 0 Å². The van der Waals surface area contributed by atoms with E-state index >= 15 is 0 Å². The Balaban J connectivity index is 1.90. The van der Waals surface area contributed by atoms with E-state index in [-0.39, 0.29) is 0 Å². The van der Waals surface area contributed by atoms with Gasteiger partial charge in [0.15, 0.2) is 0 Å². The smallest absolute Gasteiger partial charge is 0.0555 e. The number of rotatable bonds is 4. The SMILES string of the molecule is NNC(CC1CCCCC1)c1cccs1. The average Bonchev–Trinajstić information content (AvgIpc) is 2.81. The van der Waals surface area contributed by atoms with Crippen LogP contribution in [0.3, 0.4) is 0 Å². The van der Waals surface area contributed by atoms with Crippen LogP contribution in [0.5, 0.6) is 0 Å². The van der Waals surface area contributed by atoms with Gasteiger partial charge in [-0.25, -0.2) is 0 Å². The predicted molar refractivity (Wildman–Crippen MR) is 65.6 cm³/mol. The summed E-state index contributed by atoms with van der Waals surface area (Å²) in [5, 5.41) is 2.13. The Bertz CT molecular complexity index is 265. The van der Waals surface area contributed by atoms with Crippen LogP contribution in [0.4, 0.5) is 0 Å². The Morgan fingerprint density at radius 3 is 2.80 bits per heavy atom. The fraction of sp³-hybridized carbons (Fsp3) is 0.667. The van der Waals surface area contributed by atoms with Crippen molar-refractivity contribution in [1.82, 2.24) is 5.43 Å². The number of hydrazine groups is 1. The molecule has 1 saturated carbocycles. The van der Waals surface area contributed by atoms with Crippen molar-refractivity contribution < 1.29 is 0 Å². The molecule has 3 N–H and O–H groups in total. The molecule has 1 unspecified atom stereocenters. The van der Waals surface area contributed by atoms with Gasteiger partial charge in [0.05, 0.1) is 6.04 Å². The lowest BCUT2D eigenvalue weighted by atomic mass is 9.84. The molecular formula is C12H20N2S. The lowest BCUT2D eigenvalue weighted by Gasteiger charge is -2.25. The summed E-state index contributed by atoms with van der Waals surface area (Å²) in [4.78, 5) is 1.38. The third-order valence-electron chi connectivity index (χ3n) is 3.38. The summed E-state index contributed by atoms with van der Waals surface area (Å²) in [5.41, 5.74) is 2.96. The molecule has 0 aromatic carbocycles. The van der Waals surface area contributed by atoms with E-state index in [1.165, 1.54) is 43.4 Å². The van der Waals surface area contributed by atoms with Crippen molar-refractivity contribution in [1.29, 1.82) is 0 Å². The zero-order valence-electron chi connectivity index (χ0n) is 9.11. The molecule has 15 heavy (non-hydrogen) atoms. The normalized spacial score (nSPS) is 20.3. The van der Waals surface area contributed by atoms with Crippen molar-refractivity contribution in [3.05, 3.63) is 22.4 Å². The summed E-state index contributed by atoms with van der Waals surface area (Å²) in [6, 6.07) is 4.65. The van der Waals surface area contributed by atoms with E-state index in [0.29, 0.717) is 6.04 Å². The molecule has 84 valence electrons. The van der Waals surface area contributed by atoms with Gasteiger partial charge in [-0.15, -0.1) is 11.3 Å². The molecule has 0 aliphatic heterocycles. The fourth-order valence-corrected chi connectivity index (χ4v) is 3.31. The van der Waals surface area contributed by atoms with Crippen LogP contribution in [0.25, 0.3) is 0 Å². The first-order valence-electron chi connectivity index (χ1n) is 5.89. The Morgan fingerprint density at radius 1 is 1.40 bits per heavy atom. The molecule has 1 heterocycles. The molecule has 2 rings (SSSR count). The maximum Gasteiger partial charge on any atom is 0.0555 e. The lowest BCUT2D eigenvalue weighted by molar-refractivity contribution is 0.302. The van der Waals surface area contributed by atoms with Crippen molar-refractivity contribution >= 4 is 11.3 Å². The third kappa shape index (κ3) is 3.03. The van der Waals surface area contributed by atoms with Crippen LogP contribution in [0.15, 0.2) is 17.5 Å². The molecule has 0 saturated heterocycles. The maximum absolute atomic E-state index is 5.64. The van der Waals surface area contributed by atoms with Crippen LogP contribution < -0.4 is 11.3 Å². The van der Waals surface area contributed by atoms with Gasteiger partial charge < -0.3 is 0 Å². The first kappa shape index (κ1) is 11.1. The minimum absolute atomic E-state index is 0.369. The molecule has 1 aromatic heterocycles. The van der Waals surface area contributed by atoms with Crippen molar-refractivity contribution in [2.24, 2.45) is 11.8 Å². The van der Waals surface area contributed by atoms with Crippen molar-refractivity contribution in [2.45, 2.75) is 44.6 Å². The second kappa shape index (κ2) is 5.64. The predicted octanol–water partition coefficient (Wildman–Crippen LogP) is 3.22. The minimum Gasteiger partial charge on any atom is -0.271 e. The number of nitrogens with one attached hydrogen (secondary N) is 1. The van der Waals surface area contributed by atoms with E-state index in [9.17, 15) is 0 Å². The van der Waals surface area contributed by atoms with Gasteiger partial charge in [-0.2, -0.15) is 0 Å². The molecule has 0 bridgehead atoms. The monoisotopic (exact) mass is 224 g/mol. The van der Waals surface area contributed by atoms with Gasteiger partial charge in [-0.1, -0.05) is 38.2 Å². The highest BCUT2D eigenvalue weighted by Gasteiger charge is 2.19. The standard InChI is InChI=1S/C12H20N2S/c13-14-11(12-7-4-8-15-12)9-10-5-2-1-3-6-10/h4,7-8,10-11,14H,1-3,5-6,9,13H2. The maximum atomic E-state index is 5.64. The molecule has 0 spiro atoms. The van der Waals surface area contributed by atoms with E-state index in [1.54, 1.807) is 11.3 Å². The molecule has 3 heteroatoms. The highest BCUT2D eigenvalue weighted by molar-refractivity contribution is 7.10. The molecule has 0 amide bonds. The molecule has 1 aromatic rings. The van der Waals surface area contributed by atoms with Crippen molar-refractivity contribution in [2.75, 3.05) is 0 Å². The number of hydrogen-bond acceptors (Lipinski definition) is 3. The van der Waals surface area contributed by atoms with Crippen LogP contribution in [0, 0.1) is 5.92 Å².